The van der Waals surface area contributed by atoms with Gasteiger partial charge < -0.3 is 9.52 Å². The molecule has 2 heterocycles. The maximum absolute atomic E-state index is 9.05. The van der Waals surface area contributed by atoms with E-state index in [1.165, 1.54) is 0 Å². The van der Waals surface area contributed by atoms with Crippen molar-refractivity contribution in [1.82, 2.24) is 9.97 Å². The van der Waals surface area contributed by atoms with E-state index in [0.29, 0.717) is 11.5 Å². The van der Waals surface area contributed by atoms with Gasteiger partial charge in [0.25, 0.3) is 0 Å². The zero-order valence-electron chi connectivity index (χ0n) is 9.00. The molecule has 0 saturated heterocycles. The van der Waals surface area contributed by atoms with Gasteiger partial charge in [-0.05, 0) is 29.8 Å². The quantitative estimate of drug-likeness (QED) is 0.728. The molecule has 84 valence electrons. The summed E-state index contributed by atoms with van der Waals surface area (Å²) in [4.78, 5) is 8.33. The molecule has 0 unspecified atom stereocenters. The zero-order chi connectivity index (χ0) is 11.7. The maximum atomic E-state index is 9.05. The lowest BCUT2D eigenvalue weighted by atomic mass is 10.2. The molecule has 0 atom stereocenters. The van der Waals surface area contributed by atoms with Crippen molar-refractivity contribution in [1.29, 1.82) is 0 Å². The molecule has 1 aromatic carbocycles. The van der Waals surface area contributed by atoms with Crippen LogP contribution in [0, 0.1) is 0 Å². The second-order valence-corrected chi connectivity index (χ2v) is 3.72. The SMILES string of the molecule is OCc1ccc2nc(-c3ccncc3)oc2c1. The fourth-order valence-electron chi connectivity index (χ4n) is 1.69. The molecule has 0 saturated carbocycles. The van der Waals surface area contributed by atoms with E-state index in [4.69, 9.17) is 9.52 Å². The molecule has 0 aliphatic heterocycles. The fraction of sp³-hybridized carbons (Fsp3) is 0.0769. The van der Waals surface area contributed by atoms with E-state index in [0.717, 1.165) is 16.6 Å². The van der Waals surface area contributed by atoms with Crippen LogP contribution in [0.3, 0.4) is 0 Å². The summed E-state index contributed by atoms with van der Waals surface area (Å²) < 4.78 is 5.65. The Hall–Kier alpha value is -2.20. The molecule has 1 N–H and O–H groups in total. The highest BCUT2D eigenvalue weighted by Crippen LogP contribution is 2.24. The lowest BCUT2D eigenvalue weighted by molar-refractivity contribution is 0.282. The van der Waals surface area contributed by atoms with E-state index in [-0.39, 0.29) is 6.61 Å². The number of oxazole rings is 1. The lowest BCUT2D eigenvalue weighted by Crippen LogP contribution is -1.80. The first-order valence-electron chi connectivity index (χ1n) is 5.27. The predicted octanol–water partition coefficient (Wildman–Crippen LogP) is 2.38. The third kappa shape index (κ3) is 1.79. The van der Waals surface area contributed by atoms with Crippen LogP contribution >= 0.6 is 0 Å². The van der Waals surface area contributed by atoms with Gasteiger partial charge in [-0.15, -0.1) is 0 Å². The summed E-state index contributed by atoms with van der Waals surface area (Å²) in [6, 6.07) is 9.17. The third-order valence-corrected chi connectivity index (χ3v) is 2.56. The Bertz CT molecular complexity index is 647. The van der Waals surface area contributed by atoms with Gasteiger partial charge in [-0.3, -0.25) is 4.98 Å². The zero-order valence-corrected chi connectivity index (χ0v) is 9.00. The summed E-state index contributed by atoms with van der Waals surface area (Å²) in [5.74, 6) is 0.567. The Morgan fingerprint density at radius 1 is 1.12 bits per heavy atom. The van der Waals surface area contributed by atoms with Crippen LogP contribution in [0.1, 0.15) is 5.56 Å². The topological polar surface area (TPSA) is 59.2 Å². The minimum Gasteiger partial charge on any atom is -0.436 e. The van der Waals surface area contributed by atoms with Crippen LogP contribution in [0.15, 0.2) is 47.1 Å². The molecular weight excluding hydrogens is 216 g/mol. The Balaban J connectivity index is 2.14. The summed E-state index contributed by atoms with van der Waals surface area (Å²) in [6.45, 7) is 0.00122. The van der Waals surface area contributed by atoms with Crippen LogP contribution < -0.4 is 0 Å². The molecule has 0 radical (unpaired) electrons. The average molecular weight is 226 g/mol. The Kier molecular flexibility index (Phi) is 2.34. The van der Waals surface area contributed by atoms with E-state index >= 15 is 0 Å². The van der Waals surface area contributed by atoms with Crippen LogP contribution in [0.2, 0.25) is 0 Å². The summed E-state index contributed by atoms with van der Waals surface area (Å²) in [6.07, 6.45) is 3.40. The molecule has 0 aliphatic rings. The number of fused-ring (bicyclic) bond motifs is 1. The minimum absolute atomic E-state index is 0.00122. The Morgan fingerprint density at radius 3 is 2.71 bits per heavy atom. The highest BCUT2D eigenvalue weighted by molar-refractivity contribution is 5.76. The van der Waals surface area contributed by atoms with Gasteiger partial charge in [0, 0.05) is 18.0 Å². The number of pyridine rings is 1. The number of aliphatic hydroxyl groups is 1. The highest BCUT2D eigenvalue weighted by atomic mass is 16.3. The van der Waals surface area contributed by atoms with Crippen molar-refractivity contribution in [2.45, 2.75) is 6.61 Å². The summed E-state index contributed by atoms with van der Waals surface area (Å²) in [5, 5.41) is 9.05. The first-order chi connectivity index (χ1) is 8.36. The molecule has 17 heavy (non-hydrogen) atoms. The van der Waals surface area contributed by atoms with Gasteiger partial charge in [-0.25, -0.2) is 4.98 Å². The molecule has 0 spiro atoms. The van der Waals surface area contributed by atoms with E-state index < -0.39 is 0 Å². The fourth-order valence-corrected chi connectivity index (χ4v) is 1.69. The molecule has 3 aromatic rings. The highest BCUT2D eigenvalue weighted by Gasteiger charge is 2.07. The molecule has 0 fully saturated rings. The number of hydrogen-bond donors (Lipinski definition) is 1. The van der Waals surface area contributed by atoms with E-state index in [2.05, 4.69) is 9.97 Å². The number of aromatic nitrogens is 2. The van der Waals surface area contributed by atoms with Gasteiger partial charge in [0.05, 0.1) is 6.61 Å². The number of rotatable bonds is 2. The molecule has 0 bridgehead atoms. The van der Waals surface area contributed by atoms with Crippen LogP contribution in [0.5, 0.6) is 0 Å². The normalized spacial score (nSPS) is 10.9. The number of aliphatic hydroxyl groups excluding tert-OH is 1. The van der Waals surface area contributed by atoms with Gasteiger partial charge >= 0.3 is 0 Å². The van der Waals surface area contributed by atoms with E-state index in [9.17, 15) is 0 Å². The number of nitrogens with zero attached hydrogens (tertiary/aromatic N) is 2. The Labute approximate surface area is 97.6 Å². The third-order valence-electron chi connectivity index (χ3n) is 2.56. The Morgan fingerprint density at radius 2 is 1.94 bits per heavy atom. The van der Waals surface area contributed by atoms with Crippen molar-refractivity contribution in [3.05, 3.63) is 48.3 Å². The number of benzene rings is 1. The minimum atomic E-state index is 0.00122. The second-order valence-electron chi connectivity index (χ2n) is 3.72. The predicted molar refractivity (Wildman–Crippen MR) is 63.2 cm³/mol. The molecule has 2 aromatic heterocycles. The van der Waals surface area contributed by atoms with E-state index in [1.54, 1.807) is 18.5 Å². The summed E-state index contributed by atoms with van der Waals surface area (Å²) in [7, 11) is 0. The van der Waals surface area contributed by atoms with Crippen molar-refractivity contribution < 1.29 is 9.52 Å². The molecule has 0 amide bonds. The van der Waals surface area contributed by atoms with Gasteiger partial charge in [-0.2, -0.15) is 0 Å². The largest absolute Gasteiger partial charge is 0.436 e. The molecule has 3 rings (SSSR count). The molecule has 4 heteroatoms. The molecule has 0 aliphatic carbocycles. The summed E-state index contributed by atoms with van der Waals surface area (Å²) >= 11 is 0. The summed E-state index contributed by atoms with van der Waals surface area (Å²) in [5.41, 5.74) is 3.18. The number of hydrogen-bond acceptors (Lipinski definition) is 4. The molecular formula is C13H10N2O2. The van der Waals surface area contributed by atoms with Crippen molar-refractivity contribution in [2.75, 3.05) is 0 Å². The van der Waals surface area contributed by atoms with E-state index in [1.807, 2.05) is 24.3 Å². The first kappa shape index (κ1) is 9.99. The smallest absolute Gasteiger partial charge is 0.227 e. The van der Waals surface area contributed by atoms with Crippen LogP contribution in [0.4, 0.5) is 0 Å². The molecule has 4 nitrogen and oxygen atoms in total. The van der Waals surface area contributed by atoms with Crippen molar-refractivity contribution in [3.63, 3.8) is 0 Å². The van der Waals surface area contributed by atoms with Crippen molar-refractivity contribution >= 4 is 11.1 Å². The maximum Gasteiger partial charge on any atom is 0.227 e. The van der Waals surface area contributed by atoms with Crippen molar-refractivity contribution in [3.8, 4) is 11.5 Å². The van der Waals surface area contributed by atoms with Crippen molar-refractivity contribution in [2.24, 2.45) is 0 Å². The standard InChI is InChI=1S/C13H10N2O2/c16-8-9-1-2-11-12(7-9)17-13(15-11)10-3-5-14-6-4-10/h1-7,16H,8H2. The lowest BCUT2D eigenvalue weighted by Gasteiger charge is -1.92. The van der Waals surface area contributed by atoms with Crippen LogP contribution in [-0.2, 0) is 6.61 Å². The first-order valence-corrected chi connectivity index (χ1v) is 5.27. The average Bonchev–Trinajstić information content (AvgIpc) is 2.82. The monoisotopic (exact) mass is 226 g/mol. The van der Waals surface area contributed by atoms with Gasteiger partial charge in [-0.1, -0.05) is 6.07 Å². The van der Waals surface area contributed by atoms with Gasteiger partial charge in [0.1, 0.15) is 5.52 Å². The van der Waals surface area contributed by atoms with Crippen LogP contribution in [0.25, 0.3) is 22.6 Å². The second kappa shape index (κ2) is 3.99. The van der Waals surface area contributed by atoms with Gasteiger partial charge in [0.2, 0.25) is 5.89 Å². The van der Waals surface area contributed by atoms with Gasteiger partial charge in [0.15, 0.2) is 5.58 Å². The van der Waals surface area contributed by atoms with Crippen LogP contribution in [-0.4, -0.2) is 15.1 Å².